The summed E-state index contributed by atoms with van der Waals surface area (Å²) in [6, 6.07) is 9.49. The lowest BCUT2D eigenvalue weighted by Gasteiger charge is -2.26. The summed E-state index contributed by atoms with van der Waals surface area (Å²) in [5, 5.41) is 0. The Morgan fingerprint density at radius 2 is 2.10 bits per heavy atom. The molecular formula is C17H26N2O. The molecule has 3 rings (SSSR count). The van der Waals surface area contributed by atoms with Crippen LogP contribution >= 0.6 is 0 Å². The Labute approximate surface area is 122 Å². The first-order chi connectivity index (χ1) is 9.70. The molecule has 20 heavy (non-hydrogen) atoms. The maximum absolute atomic E-state index is 5.87. The zero-order chi connectivity index (χ0) is 14.2. The zero-order valence-corrected chi connectivity index (χ0v) is 12.6. The Balaban J connectivity index is 1.91. The van der Waals surface area contributed by atoms with Crippen molar-refractivity contribution in [1.29, 1.82) is 0 Å². The van der Waals surface area contributed by atoms with E-state index >= 15 is 0 Å². The molecule has 0 spiro atoms. The molecule has 3 nitrogen and oxygen atoms in total. The first kappa shape index (κ1) is 14.1. The van der Waals surface area contributed by atoms with Crippen LogP contribution in [0.2, 0.25) is 0 Å². The van der Waals surface area contributed by atoms with E-state index in [9.17, 15) is 0 Å². The molecule has 2 N–H and O–H groups in total. The van der Waals surface area contributed by atoms with Gasteiger partial charge in [-0.2, -0.15) is 0 Å². The molecule has 1 aromatic carbocycles. The second-order valence-corrected chi connectivity index (χ2v) is 6.59. The Bertz CT molecular complexity index is 470. The molecule has 0 aromatic heterocycles. The summed E-state index contributed by atoms with van der Waals surface area (Å²) >= 11 is 0. The number of hydrogen-bond donors (Lipinski definition) is 1. The summed E-state index contributed by atoms with van der Waals surface area (Å²) in [5.41, 5.74) is 9.17. The average molecular weight is 274 g/mol. The molecular weight excluding hydrogens is 248 g/mol. The molecule has 2 fully saturated rings. The third-order valence-corrected chi connectivity index (χ3v) is 5.13. The van der Waals surface area contributed by atoms with Gasteiger partial charge in [-0.15, -0.1) is 0 Å². The van der Waals surface area contributed by atoms with E-state index in [4.69, 9.17) is 10.5 Å². The van der Waals surface area contributed by atoms with Gasteiger partial charge in [-0.05, 0) is 49.9 Å². The van der Waals surface area contributed by atoms with Gasteiger partial charge < -0.3 is 10.5 Å². The summed E-state index contributed by atoms with van der Waals surface area (Å²) in [7, 11) is 4.04. The third kappa shape index (κ3) is 2.39. The lowest BCUT2D eigenvalue weighted by molar-refractivity contribution is 0.170. The third-order valence-electron chi connectivity index (χ3n) is 5.13. The van der Waals surface area contributed by atoms with Crippen LogP contribution in [0.4, 0.5) is 0 Å². The first-order valence-corrected chi connectivity index (χ1v) is 7.69. The predicted molar refractivity (Wildman–Crippen MR) is 81.8 cm³/mol. The molecule has 1 saturated carbocycles. The van der Waals surface area contributed by atoms with Gasteiger partial charge in [0.2, 0.25) is 0 Å². The molecule has 2 atom stereocenters. The Morgan fingerprint density at radius 3 is 2.70 bits per heavy atom. The van der Waals surface area contributed by atoms with E-state index in [0.29, 0.717) is 12.0 Å². The SMILES string of the molecule is COCC1(c2ccccc2C2CC(CN)CN2C)CC1. The van der Waals surface area contributed by atoms with Gasteiger partial charge in [0.1, 0.15) is 0 Å². The molecule has 0 radical (unpaired) electrons. The molecule has 110 valence electrons. The van der Waals surface area contributed by atoms with Gasteiger partial charge in [-0.25, -0.2) is 0 Å². The van der Waals surface area contributed by atoms with E-state index in [1.54, 1.807) is 0 Å². The Kier molecular flexibility index (Phi) is 3.85. The standard InChI is InChI=1S/C17H26N2O/c1-19-11-13(10-18)9-16(19)14-5-3-4-6-15(14)17(7-8-17)12-20-2/h3-6,13,16H,7-12,18H2,1-2H3. The topological polar surface area (TPSA) is 38.5 Å². The van der Waals surface area contributed by atoms with Crippen molar-refractivity contribution in [3.05, 3.63) is 35.4 Å². The van der Waals surface area contributed by atoms with Crippen LogP contribution < -0.4 is 5.73 Å². The van der Waals surface area contributed by atoms with Crippen molar-refractivity contribution >= 4 is 0 Å². The van der Waals surface area contributed by atoms with Gasteiger partial charge in [0.05, 0.1) is 6.61 Å². The van der Waals surface area contributed by atoms with Crippen LogP contribution in [0.1, 0.15) is 36.4 Å². The molecule has 1 aromatic rings. The van der Waals surface area contributed by atoms with Gasteiger partial charge in [-0.1, -0.05) is 24.3 Å². The van der Waals surface area contributed by atoms with Gasteiger partial charge in [0.25, 0.3) is 0 Å². The van der Waals surface area contributed by atoms with Gasteiger partial charge in [0.15, 0.2) is 0 Å². The molecule has 0 amide bonds. The van der Waals surface area contributed by atoms with Crippen LogP contribution in [-0.4, -0.2) is 38.8 Å². The highest BCUT2D eigenvalue weighted by Crippen LogP contribution is 2.51. The van der Waals surface area contributed by atoms with Gasteiger partial charge in [-0.3, -0.25) is 4.90 Å². The number of benzene rings is 1. The molecule has 1 aliphatic heterocycles. The van der Waals surface area contributed by atoms with Crippen molar-refractivity contribution in [3.63, 3.8) is 0 Å². The lowest BCUT2D eigenvalue weighted by Crippen LogP contribution is -2.23. The van der Waals surface area contributed by atoms with E-state index in [2.05, 4.69) is 36.2 Å². The van der Waals surface area contributed by atoms with Crippen molar-refractivity contribution in [3.8, 4) is 0 Å². The highest BCUT2D eigenvalue weighted by Gasteiger charge is 2.46. The zero-order valence-electron chi connectivity index (χ0n) is 12.6. The number of nitrogens with two attached hydrogens (primary N) is 1. The van der Waals surface area contributed by atoms with E-state index in [-0.39, 0.29) is 5.41 Å². The van der Waals surface area contributed by atoms with E-state index in [0.717, 1.165) is 19.7 Å². The van der Waals surface area contributed by atoms with Crippen molar-refractivity contribution in [2.24, 2.45) is 11.7 Å². The summed E-state index contributed by atoms with van der Waals surface area (Å²) in [4.78, 5) is 2.47. The highest BCUT2D eigenvalue weighted by atomic mass is 16.5. The number of hydrogen-bond acceptors (Lipinski definition) is 3. The molecule has 0 bridgehead atoms. The van der Waals surface area contributed by atoms with Crippen molar-refractivity contribution in [2.45, 2.75) is 30.7 Å². The van der Waals surface area contributed by atoms with Crippen molar-refractivity contribution < 1.29 is 4.74 Å². The van der Waals surface area contributed by atoms with Crippen molar-refractivity contribution in [2.75, 3.05) is 33.9 Å². The van der Waals surface area contributed by atoms with E-state index < -0.39 is 0 Å². The molecule has 2 aliphatic rings. The molecule has 3 heteroatoms. The van der Waals surface area contributed by atoms with Crippen LogP contribution in [0, 0.1) is 5.92 Å². The largest absolute Gasteiger partial charge is 0.384 e. The smallest absolute Gasteiger partial charge is 0.0559 e. The molecule has 1 heterocycles. The second kappa shape index (κ2) is 5.47. The fourth-order valence-electron chi connectivity index (χ4n) is 3.83. The number of rotatable bonds is 5. The van der Waals surface area contributed by atoms with Gasteiger partial charge >= 0.3 is 0 Å². The number of likely N-dealkylation sites (tertiary alicyclic amines) is 1. The van der Waals surface area contributed by atoms with Crippen LogP contribution in [0.3, 0.4) is 0 Å². The van der Waals surface area contributed by atoms with E-state index in [1.165, 1.54) is 30.4 Å². The fourth-order valence-corrected chi connectivity index (χ4v) is 3.83. The quantitative estimate of drug-likeness (QED) is 0.895. The number of methoxy groups -OCH3 is 1. The summed E-state index contributed by atoms with van der Waals surface area (Å²) < 4.78 is 5.48. The minimum atomic E-state index is 0.285. The van der Waals surface area contributed by atoms with Crippen LogP contribution in [0.5, 0.6) is 0 Å². The molecule has 1 aliphatic carbocycles. The monoisotopic (exact) mass is 274 g/mol. The summed E-state index contributed by atoms with van der Waals surface area (Å²) in [5.74, 6) is 0.635. The lowest BCUT2D eigenvalue weighted by atomic mass is 9.87. The minimum absolute atomic E-state index is 0.285. The normalized spacial score (nSPS) is 28.8. The first-order valence-electron chi connectivity index (χ1n) is 7.69. The maximum atomic E-state index is 5.87. The Hall–Kier alpha value is -0.900. The molecule has 1 saturated heterocycles. The highest BCUT2D eigenvalue weighted by molar-refractivity contribution is 5.41. The Morgan fingerprint density at radius 1 is 1.35 bits per heavy atom. The predicted octanol–water partition coefficient (Wildman–Crippen LogP) is 2.32. The van der Waals surface area contributed by atoms with Crippen LogP contribution in [0.15, 0.2) is 24.3 Å². The van der Waals surface area contributed by atoms with Gasteiger partial charge in [0, 0.05) is 25.1 Å². The summed E-state index contributed by atoms with van der Waals surface area (Å²) in [6.45, 7) is 2.76. The fraction of sp³-hybridized carbons (Fsp3) is 0.647. The van der Waals surface area contributed by atoms with Crippen molar-refractivity contribution in [1.82, 2.24) is 4.90 Å². The molecule has 2 unspecified atom stereocenters. The number of ether oxygens (including phenoxy) is 1. The average Bonchev–Trinajstić information content (AvgIpc) is 3.15. The summed E-state index contributed by atoms with van der Waals surface area (Å²) in [6.07, 6.45) is 3.70. The van der Waals surface area contributed by atoms with Crippen LogP contribution in [-0.2, 0) is 10.2 Å². The van der Waals surface area contributed by atoms with E-state index in [1.807, 2.05) is 7.11 Å². The minimum Gasteiger partial charge on any atom is -0.384 e. The second-order valence-electron chi connectivity index (χ2n) is 6.59. The maximum Gasteiger partial charge on any atom is 0.0559 e. The number of nitrogens with zero attached hydrogens (tertiary/aromatic N) is 1. The van der Waals surface area contributed by atoms with Crippen LogP contribution in [0.25, 0.3) is 0 Å².